The number of azo groups is 1. The molecular formula is C21H16N2O. The maximum absolute atomic E-state index is 10.6. The fourth-order valence-corrected chi connectivity index (χ4v) is 2.91. The van der Waals surface area contributed by atoms with Crippen molar-refractivity contribution < 1.29 is 5.11 Å². The van der Waals surface area contributed by atoms with E-state index in [0.29, 0.717) is 0 Å². The summed E-state index contributed by atoms with van der Waals surface area (Å²) in [6, 6.07) is 23.4. The molecule has 3 heteroatoms. The first-order chi connectivity index (χ1) is 11.7. The molecule has 0 atom stereocenters. The molecular weight excluding hydrogens is 296 g/mol. The number of hydrogen-bond donors (Lipinski definition) is 1. The molecule has 1 N–H and O–H groups in total. The normalized spacial score (nSPS) is 11.5. The van der Waals surface area contributed by atoms with Gasteiger partial charge >= 0.3 is 0 Å². The van der Waals surface area contributed by atoms with Crippen LogP contribution in [0, 0.1) is 6.92 Å². The van der Waals surface area contributed by atoms with E-state index >= 15 is 0 Å². The standard InChI is InChI=1S/C21H16N2O/c1-14-10-12-15(13-11-14)22-23-20-16-6-2-4-8-18(16)21(24)19-9-5-3-7-17(19)20/h2-13,24H,1H3. The van der Waals surface area contributed by atoms with Crippen molar-refractivity contribution in [1.29, 1.82) is 0 Å². The molecule has 24 heavy (non-hydrogen) atoms. The van der Waals surface area contributed by atoms with E-state index in [9.17, 15) is 5.11 Å². The molecule has 0 aliphatic carbocycles. The number of nitrogens with zero attached hydrogens (tertiary/aromatic N) is 2. The van der Waals surface area contributed by atoms with Crippen LogP contribution in [0.15, 0.2) is 83.0 Å². The highest BCUT2D eigenvalue weighted by atomic mass is 16.3. The number of phenols is 1. The molecule has 4 rings (SSSR count). The van der Waals surface area contributed by atoms with E-state index in [1.165, 1.54) is 5.56 Å². The van der Waals surface area contributed by atoms with E-state index < -0.39 is 0 Å². The average molecular weight is 312 g/mol. The highest BCUT2D eigenvalue weighted by Crippen LogP contribution is 2.42. The van der Waals surface area contributed by atoms with Crippen molar-refractivity contribution >= 4 is 32.9 Å². The minimum Gasteiger partial charge on any atom is -0.507 e. The smallest absolute Gasteiger partial charge is 0.131 e. The summed E-state index contributed by atoms with van der Waals surface area (Å²) in [5, 5.41) is 22.8. The Hall–Kier alpha value is -3.20. The maximum atomic E-state index is 10.6. The summed E-state index contributed by atoms with van der Waals surface area (Å²) in [5.41, 5.74) is 2.77. The molecule has 0 fully saturated rings. The van der Waals surface area contributed by atoms with E-state index in [-0.39, 0.29) is 5.75 Å². The molecule has 0 radical (unpaired) electrons. The van der Waals surface area contributed by atoms with Crippen LogP contribution in [-0.4, -0.2) is 5.11 Å². The van der Waals surface area contributed by atoms with Crippen LogP contribution in [-0.2, 0) is 0 Å². The Balaban J connectivity index is 1.98. The monoisotopic (exact) mass is 312 g/mol. The molecule has 0 amide bonds. The predicted molar refractivity (Wildman–Crippen MR) is 98.5 cm³/mol. The van der Waals surface area contributed by atoms with Crippen LogP contribution in [0.2, 0.25) is 0 Å². The van der Waals surface area contributed by atoms with Crippen molar-refractivity contribution in [3.63, 3.8) is 0 Å². The Bertz CT molecular complexity index is 1010. The van der Waals surface area contributed by atoms with Gasteiger partial charge in [-0.15, -0.1) is 5.11 Å². The van der Waals surface area contributed by atoms with Gasteiger partial charge in [0.25, 0.3) is 0 Å². The van der Waals surface area contributed by atoms with Gasteiger partial charge in [-0.25, -0.2) is 0 Å². The minimum absolute atomic E-state index is 0.287. The van der Waals surface area contributed by atoms with Gasteiger partial charge in [0, 0.05) is 21.5 Å². The summed E-state index contributed by atoms with van der Waals surface area (Å²) in [6.45, 7) is 2.04. The number of benzene rings is 4. The van der Waals surface area contributed by atoms with Crippen molar-refractivity contribution in [3.05, 3.63) is 78.4 Å². The summed E-state index contributed by atoms with van der Waals surface area (Å²) in [5.74, 6) is 0.287. The molecule has 0 unspecified atom stereocenters. The molecule has 4 aromatic carbocycles. The lowest BCUT2D eigenvalue weighted by Gasteiger charge is -2.09. The third-order valence-corrected chi connectivity index (χ3v) is 4.17. The van der Waals surface area contributed by atoms with Gasteiger partial charge in [0.2, 0.25) is 0 Å². The van der Waals surface area contributed by atoms with Crippen molar-refractivity contribution in [2.45, 2.75) is 6.92 Å². The maximum Gasteiger partial charge on any atom is 0.131 e. The Labute approximate surface area is 139 Å². The van der Waals surface area contributed by atoms with Gasteiger partial charge in [0.1, 0.15) is 11.4 Å². The first-order valence-electron chi connectivity index (χ1n) is 7.85. The van der Waals surface area contributed by atoms with Gasteiger partial charge in [-0.2, -0.15) is 5.11 Å². The largest absolute Gasteiger partial charge is 0.507 e. The summed E-state index contributed by atoms with van der Waals surface area (Å²) >= 11 is 0. The Morgan fingerprint density at radius 3 is 1.67 bits per heavy atom. The lowest BCUT2D eigenvalue weighted by Crippen LogP contribution is -1.80. The van der Waals surface area contributed by atoms with Gasteiger partial charge in [0.15, 0.2) is 0 Å². The highest BCUT2D eigenvalue weighted by Gasteiger charge is 2.12. The van der Waals surface area contributed by atoms with Gasteiger partial charge in [-0.1, -0.05) is 66.2 Å². The number of hydrogen-bond acceptors (Lipinski definition) is 3. The van der Waals surface area contributed by atoms with E-state index in [1.54, 1.807) is 0 Å². The zero-order valence-corrected chi connectivity index (χ0v) is 13.3. The van der Waals surface area contributed by atoms with E-state index in [2.05, 4.69) is 10.2 Å². The van der Waals surface area contributed by atoms with Crippen LogP contribution in [0.1, 0.15) is 5.56 Å². The average Bonchev–Trinajstić information content (AvgIpc) is 2.63. The lowest BCUT2D eigenvalue weighted by atomic mass is 10.00. The van der Waals surface area contributed by atoms with Gasteiger partial charge in [-0.05, 0) is 19.1 Å². The van der Waals surface area contributed by atoms with Crippen LogP contribution in [0.5, 0.6) is 5.75 Å². The Morgan fingerprint density at radius 2 is 1.12 bits per heavy atom. The Morgan fingerprint density at radius 1 is 0.625 bits per heavy atom. The Kier molecular flexibility index (Phi) is 3.47. The van der Waals surface area contributed by atoms with Gasteiger partial charge < -0.3 is 5.11 Å². The van der Waals surface area contributed by atoms with Crippen LogP contribution in [0.4, 0.5) is 11.4 Å². The number of aryl methyl sites for hydroxylation is 1. The predicted octanol–water partition coefficient (Wildman–Crippen LogP) is 6.42. The van der Waals surface area contributed by atoms with Gasteiger partial charge in [-0.3, -0.25) is 0 Å². The molecule has 0 heterocycles. The lowest BCUT2D eigenvalue weighted by molar-refractivity contribution is 0.488. The molecule has 3 nitrogen and oxygen atoms in total. The fourth-order valence-electron chi connectivity index (χ4n) is 2.91. The molecule has 0 aromatic heterocycles. The van der Waals surface area contributed by atoms with Crippen LogP contribution >= 0.6 is 0 Å². The molecule has 0 aliphatic heterocycles. The molecule has 0 bridgehead atoms. The first kappa shape index (κ1) is 14.4. The van der Waals surface area contributed by atoms with Crippen molar-refractivity contribution in [3.8, 4) is 5.75 Å². The van der Waals surface area contributed by atoms with Crippen molar-refractivity contribution in [1.82, 2.24) is 0 Å². The fraction of sp³-hybridized carbons (Fsp3) is 0.0476. The summed E-state index contributed by atoms with van der Waals surface area (Å²) in [6.07, 6.45) is 0. The molecule has 4 aromatic rings. The summed E-state index contributed by atoms with van der Waals surface area (Å²) < 4.78 is 0. The molecule has 0 aliphatic rings. The highest BCUT2D eigenvalue weighted by molar-refractivity contribution is 6.14. The molecule has 0 saturated carbocycles. The van der Waals surface area contributed by atoms with Gasteiger partial charge in [0.05, 0.1) is 5.69 Å². The molecule has 0 spiro atoms. The number of rotatable bonds is 2. The minimum atomic E-state index is 0.287. The number of phenolic OH excluding ortho intramolecular Hbond substituents is 1. The van der Waals surface area contributed by atoms with Crippen LogP contribution < -0.4 is 0 Å². The van der Waals surface area contributed by atoms with E-state index in [4.69, 9.17) is 0 Å². The van der Waals surface area contributed by atoms with Crippen molar-refractivity contribution in [2.24, 2.45) is 10.2 Å². The van der Waals surface area contributed by atoms with Crippen LogP contribution in [0.3, 0.4) is 0 Å². The third kappa shape index (κ3) is 2.40. The third-order valence-electron chi connectivity index (χ3n) is 4.17. The topological polar surface area (TPSA) is 45.0 Å². The number of fused-ring (bicyclic) bond motifs is 2. The SMILES string of the molecule is Cc1ccc(N=Nc2c3ccccc3c(O)c3ccccc23)cc1. The van der Waals surface area contributed by atoms with E-state index in [0.717, 1.165) is 32.9 Å². The quantitative estimate of drug-likeness (QED) is 0.337. The zero-order valence-electron chi connectivity index (χ0n) is 13.3. The summed E-state index contributed by atoms with van der Waals surface area (Å²) in [4.78, 5) is 0. The first-order valence-corrected chi connectivity index (χ1v) is 7.85. The zero-order chi connectivity index (χ0) is 16.5. The van der Waals surface area contributed by atoms with Crippen LogP contribution in [0.25, 0.3) is 21.5 Å². The second-order valence-electron chi connectivity index (χ2n) is 5.82. The van der Waals surface area contributed by atoms with E-state index in [1.807, 2.05) is 79.7 Å². The molecule has 0 saturated heterocycles. The second kappa shape index (κ2) is 5.78. The second-order valence-corrected chi connectivity index (χ2v) is 5.82. The number of aromatic hydroxyl groups is 1. The summed E-state index contributed by atoms with van der Waals surface area (Å²) in [7, 11) is 0. The van der Waals surface area contributed by atoms with Crippen molar-refractivity contribution in [2.75, 3.05) is 0 Å². The molecule has 116 valence electrons.